The highest BCUT2D eigenvalue weighted by Gasteiger charge is 2.26. The van der Waals surface area contributed by atoms with Crippen molar-refractivity contribution in [1.82, 2.24) is 5.32 Å². The zero-order valence-corrected chi connectivity index (χ0v) is 15.1. The Bertz CT molecular complexity index is 724. The summed E-state index contributed by atoms with van der Waals surface area (Å²) in [5.41, 5.74) is 8.23. The van der Waals surface area contributed by atoms with Crippen LogP contribution in [0.2, 0.25) is 0 Å². The lowest BCUT2D eigenvalue weighted by Gasteiger charge is -2.26. The number of ether oxygens (including phenoxy) is 2. The fourth-order valence-corrected chi connectivity index (χ4v) is 3.07. The van der Waals surface area contributed by atoms with Gasteiger partial charge in [0.05, 0.1) is 6.04 Å². The summed E-state index contributed by atoms with van der Waals surface area (Å²) >= 11 is 0. The Hall–Kier alpha value is -2.37. The summed E-state index contributed by atoms with van der Waals surface area (Å²) in [7, 11) is 0. The molecule has 1 aliphatic rings. The molecule has 1 atom stereocenters. The van der Waals surface area contributed by atoms with Gasteiger partial charge in [-0.05, 0) is 43.9 Å². The van der Waals surface area contributed by atoms with Gasteiger partial charge in [-0.15, -0.1) is 0 Å². The van der Waals surface area contributed by atoms with Crippen LogP contribution in [0, 0.1) is 12.8 Å². The number of hydrogen-bond acceptors (Lipinski definition) is 4. The Morgan fingerprint density at radius 2 is 1.88 bits per heavy atom. The van der Waals surface area contributed by atoms with Crippen LogP contribution in [0.5, 0.6) is 11.5 Å². The van der Waals surface area contributed by atoms with Crippen molar-refractivity contribution in [3.05, 3.63) is 59.7 Å². The lowest BCUT2D eigenvalue weighted by molar-refractivity contribution is -0.124. The van der Waals surface area contributed by atoms with Crippen LogP contribution in [0.25, 0.3) is 0 Å². The van der Waals surface area contributed by atoms with E-state index in [2.05, 4.69) is 5.32 Å². The van der Waals surface area contributed by atoms with Crippen LogP contribution in [0.15, 0.2) is 48.5 Å². The molecule has 2 aromatic carbocycles. The van der Waals surface area contributed by atoms with Gasteiger partial charge >= 0.3 is 0 Å². The van der Waals surface area contributed by atoms with Crippen molar-refractivity contribution in [3.63, 3.8) is 0 Å². The molecule has 3 N–H and O–H groups in total. The summed E-state index contributed by atoms with van der Waals surface area (Å²) < 4.78 is 11.3. The van der Waals surface area contributed by atoms with E-state index in [9.17, 15) is 4.79 Å². The van der Waals surface area contributed by atoms with Gasteiger partial charge in [0.25, 0.3) is 0 Å². The van der Waals surface area contributed by atoms with E-state index in [-0.39, 0.29) is 11.8 Å². The van der Waals surface area contributed by atoms with Crippen LogP contribution in [-0.4, -0.2) is 25.2 Å². The highest BCUT2D eigenvalue weighted by molar-refractivity contribution is 5.81. The zero-order valence-electron chi connectivity index (χ0n) is 15.1. The van der Waals surface area contributed by atoms with Gasteiger partial charge in [-0.25, -0.2) is 0 Å². The molecule has 26 heavy (non-hydrogen) atoms. The van der Waals surface area contributed by atoms with Gasteiger partial charge in [0.15, 0.2) is 0 Å². The molecule has 5 nitrogen and oxygen atoms in total. The number of para-hydroxylation sites is 1. The second-order valence-electron chi connectivity index (χ2n) is 6.72. The summed E-state index contributed by atoms with van der Waals surface area (Å²) in [5, 5.41) is 2.95. The number of carbonyl (C=O) groups excluding carboxylic acids is 1. The van der Waals surface area contributed by atoms with Crippen molar-refractivity contribution in [1.29, 1.82) is 0 Å². The topological polar surface area (TPSA) is 73.6 Å². The van der Waals surface area contributed by atoms with Crippen LogP contribution in [0.1, 0.15) is 24.0 Å². The summed E-state index contributed by atoms with van der Waals surface area (Å²) in [6.45, 7) is 3.78. The highest BCUT2D eigenvalue weighted by atomic mass is 16.5. The summed E-state index contributed by atoms with van der Waals surface area (Å²) in [6, 6.07) is 15.1. The Balaban J connectivity index is 1.60. The van der Waals surface area contributed by atoms with Crippen LogP contribution in [0.3, 0.4) is 0 Å². The van der Waals surface area contributed by atoms with Crippen molar-refractivity contribution in [2.24, 2.45) is 11.7 Å². The summed E-state index contributed by atoms with van der Waals surface area (Å²) in [5.74, 6) is 1.56. The van der Waals surface area contributed by atoms with Gasteiger partial charge in [0, 0.05) is 25.3 Å². The first-order chi connectivity index (χ1) is 12.6. The molecule has 2 aromatic rings. The number of rotatable bonds is 6. The van der Waals surface area contributed by atoms with Crippen LogP contribution >= 0.6 is 0 Å². The molecule has 0 radical (unpaired) electrons. The minimum absolute atomic E-state index is 0.123. The summed E-state index contributed by atoms with van der Waals surface area (Å²) in [4.78, 5) is 12.4. The maximum Gasteiger partial charge on any atom is 0.237 e. The largest absolute Gasteiger partial charge is 0.457 e. The second kappa shape index (κ2) is 8.83. The first-order valence-corrected chi connectivity index (χ1v) is 9.07. The van der Waals surface area contributed by atoms with Crippen molar-refractivity contribution >= 4 is 5.91 Å². The molecule has 3 rings (SSSR count). The van der Waals surface area contributed by atoms with Gasteiger partial charge in [0.2, 0.25) is 5.91 Å². The molecule has 0 saturated carbocycles. The third-order valence-corrected chi connectivity index (χ3v) is 4.75. The Morgan fingerprint density at radius 3 is 2.62 bits per heavy atom. The van der Waals surface area contributed by atoms with Gasteiger partial charge in [0.1, 0.15) is 11.5 Å². The quantitative estimate of drug-likeness (QED) is 0.836. The van der Waals surface area contributed by atoms with Gasteiger partial charge in [-0.3, -0.25) is 4.79 Å². The maximum atomic E-state index is 12.4. The Labute approximate surface area is 154 Å². The van der Waals surface area contributed by atoms with E-state index in [4.69, 9.17) is 15.2 Å². The van der Waals surface area contributed by atoms with E-state index in [0.29, 0.717) is 19.8 Å². The van der Waals surface area contributed by atoms with Gasteiger partial charge in [-0.1, -0.05) is 35.9 Å². The zero-order chi connectivity index (χ0) is 18.4. The number of benzene rings is 2. The van der Waals surface area contributed by atoms with Crippen molar-refractivity contribution < 1.29 is 14.3 Å². The number of hydrogen-bond donors (Lipinski definition) is 2. The monoisotopic (exact) mass is 354 g/mol. The minimum Gasteiger partial charge on any atom is -0.457 e. The van der Waals surface area contributed by atoms with E-state index in [1.807, 2.05) is 55.5 Å². The standard InChI is InChI=1S/C21H26N2O3/c1-15-6-8-18(9-7-15)26-19-5-3-2-4-17(19)14-23-21(24)20(22)16-10-12-25-13-11-16/h2-9,16,20H,10-14,22H2,1H3,(H,23,24). The maximum absolute atomic E-state index is 12.4. The molecule has 0 aliphatic carbocycles. The predicted octanol–water partition coefficient (Wildman–Crippen LogP) is 3.16. The number of aryl methyl sites for hydroxylation is 1. The molecule has 1 saturated heterocycles. The van der Waals surface area contributed by atoms with Crippen molar-refractivity contribution in [2.45, 2.75) is 32.4 Å². The van der Waals surface area contributed by atoms with Crippen molar-refractivity contribution in [3.8, 4) is 11.5 Å². The number of nitrogens with two attached hydrogens (primary N) is 1. The minimum atomic E-state index is -0.496. The lowest BCUT2D eigenvalue weighted by Crippen LogP contribution is -2.46. The molecular weight excluding hydrogens is 328 g/mol. The SMILES string of the molecule is Cc1ccc(Oc2ccccc2CNC(=O)C(N)C2CCOCC2)cc1. The molecule has 138 valence electrons. The first kappa shape index (κ1) is 18.4. The number of nitrogens with one attached hydrogen (secondary N) is 1. The second-order valence-corrected chi connectivity index (χ2v) is 6.72. The van der Waals surface area contributed by atoms with Gasteiger partial charge < -0.3 is 20.5 Å². The number of carbonyl (C=O) groups is 1. The Morgan fingerprint density at radius 1 is 1.19 bits per heavy atom. The van der Waals surface area contributed by atoms with Crippen LogP contribution < -0.4 is 15.8 Å². The predicted molar refractivity (Wildman–Crippen MR) is 101 cm³/mol. The molecule has 0 bridgehead atoms. The molecule has 1 unspecified atom stereocenters. The van der Waals surface area contributed by atoms with E-state index in [0.717, 1.165) is 29.9 Å². The fraction of sp³-hybridized carbons (Fsp3) is 0.381. The smallest absolute Gasteiger partial charge is 0.237 e. The molecule has 1 heterocycles. The fourth-order valence-electron chi connectivity index (χ4n) is 3.07. The molecule has 0 aromatic heterocycles. The normalized spacial score (nSPS) is 16.1. The molecule has 5 heteroatoms. The van der Waals surface area contributed by atoms with E-state index in [1.54, 1.807) is 0 Å². The lowest BCUT2D eigenvalue weighted by atomic mass is 9.92. The van der Waals surface area contributed by atoms with E-state index in [1.165, 1.54) is 5.56 Å². The molecule has 1 aliphatic heterocycles. The molecule has 1 fully saturated rings. The first-order valence-electron chi connectivity index (χ1n) is 9.07. The molecule has 1 amide bonds. The van der Waals surface area contributed by atoms with Crippen LogP contribution in [-0.2, 0) is 16.1 Å². The third kappa shape index (κ3) is 4.84. The van der Waals surface area contributed by atoms with Crippen LogP contribution in [0.4, 0.5) is 0 Å². The average molecular weight is 354 g/mol. The highest BCUT2D eigenvalue weighted by Crippen LogP contribution is 2.25. The van der Waals surface area contributed by atoms with E-state index >= 15 is 0 Å². The van der Waals surface area contributed by atoms with Gasteiger partial charge in [-0.2, -0.15) is 0 Å². The van der Waals surface area contributed by atoms with E-state index < -0.39 is 6.04 Å². The summed E-state index contributed by atoms with van der Waals surface area (Å²) in [6.07, 6.45) is 1.67. The molecule has 0 spiro atoms. The molecular formula is C21H26N2O3. The Kier molecular flexibility index (Phi) is 6.26. The number of amides is 1. The average Bonchev–Trinajstić information content (AvgIpc) is 2.69. The van der Waals surface area contributed by atoms with Crippen molar-refractivity contribution in [2.75, 3.05) is 13.2 Å². The third-order valence-electron chi connectivity index (χ3n) is 4.75.